The van der Waals surface area contributed by atoms with Gasteiger partial charge in [-0.1, -0.05) is 6.92 Å². The van der Waals surface area contributed by atoms with Gasteiger partial charge in [-0.15, -0.1) is 0 Å². The number of benzene rings is 1. The van der Waals surface area contributed by atoms with Crippen molar-refractivity contribution < 1.29 is 4.39 Å². The molecule has 2 unspecified atom stereocenters. The number of halogens is 1. The van der Waals surface area contributed by atoms with Crippen LogP contribution in [0.1, 0.15) is 45.4 Å². The number of nitrogens with zero attached hydrogens (tertiary/aromatic N) is 1. The van der Waals surface area contributed by atoms with E-state index in [0.29, 0.717) is 18.1 Å². The van der Waals surface area contributed by atoms with Crippen molar-refractivity contribution in [2.75, 3.05) is 11.4 Å². The largest absolute Gasteiger partial charge is 0.365 e. The molecule has 2 saturated heterocycles. The molecule has 0 saturated carbocycles. The first-order chi connectivity index (χ1) is 9.78. The Morgan fingerprint density at radius 1 is 1.15 bits per heavy atom. The average molecular weight is 276 g/mol. The Balaban J connectivity index is 1.74. The number of hydrogen-bond acceptors (Lipinski definition) is 2. The van der Waals surface area contributed by atoms with Crippen LogP contribution in [-0.4, -0.2) is 24.7 Å². The first-order valence-electron chi connectivity index (χ1n) is 8.05. The summed E-state index contributed by atoms with van der Waals surface area (Å²) in [6.07, 6.45) is 7.55. The van der Waals surface area contributed by atoms with Crippen molar-refractivity contribution in [2.45, 2.75) is 63.6 Å². The Morgan fingerprint density at radius 2 is 1.80 bits per heavy atom. The summed E-state index contributed by atoms with van der Waals surface area (Å²) in [6, 6.07) is 8.99. The van der Waals surface area contributed by atoms with Gasteiger partial charge in [0.1, 0.15) is 5.82 Å². The van der Waals surface area contributed by atoms with Crippen LogP contribution in [0.2, 0.25) is 0 Å². The topological polar surface area (TPSA) is 15.3 Å². The maximum Gasteiger partial charge on any atom is 0.123 e. The molecule has 1 aromatic carbocycles. The van der Waals surface area contributed by atoms with Gasteiger partial charge in [0.15, 0.2) is 0 Å². The number of piperidine rings is 2. The average Bonchev–Trinajstić information content (AvgIpc) is 2.45. The molecule has 2 aliphatic rings. The lowest BCUT2D eigenvalue weighted by molar-refractivity contribution is 0.246. The van der Waals surface area contributed by atoms with Gasteiger partial charge >= 0.3 is 0 Å². The molecule has 0 spiro atoms. The van der Waals surface area contributed by atoms with Gasteiger partial charge in [-0.05, 0) is 69.3 Å². The predicted molar refractivity (Wildman–Crippen MR) is 81.6 cm³/mol. The molecular weight excluding hydrogens is 251 g/mol. The molecule has 0 aliphatic carbocycles. The highest BCUT2D eigenvalue weighted by atomic mass is 19.1. The van der Waals surface area contributed by atoms with E-state index in [-0.39, 0.29) is 5.82 Å². The minimum absolute atomic E-state index is 0.140. The molecule has 2 fully saturated rings. The lowest BCUT2D eigenvalue weighted by atomic mass is 9.81. The lowest BCUT2D eigenvalue weighted by Crippen LogP contribution is -2.56. The fourth-order valence-corrected chi connectivity index (χ4v) is 3.93. The van der Waals surface area contributed by atoms with E-state index in [1.54, 1.807) is 12.1 Å². The van der Waals surface area contributed by atoms with Gasteiger partial charge in [-0.3, -0.25) is 0 Å². The second-order valence-electron chi connectivity index (χ2n) is 6.24. The molecule has 110 valence electrons. The Bertz CT molecular complexity index is 417. The summed E-state index contributed by atoms with van der Waals surface area (Å²) < 4.78 is 13.1. The molecule has 0 aromatic heterocycles. The summed E-state index contributed by atoms with van der Waals surface area (Å²) in [7, 11) is 0. The molecule has 3 heteroatoms. The van der Waals surface area contributed by atoms with E-state index in [2.05, 4.69) is 17.1 Å². The molecule has 1 aromatic rings. The quantitative estimate of drug-likeness (QED) is 0.901. The lowest BCUT2D eigenvalue weighted by Gasteiger charge is -2.50. The van der Waals surface area contributed by atoms with E-state index in [1.165, 1.54) is 44.2 Å². The predicted octanol–water partition coefficient (Wildman–Crippen LogP) is 3.72. The van der Waals surface area contributed by atoms with E-state index in [9.17, 15) is 4.39 Å². The van der Waals surface area contributed by atoms with Crippen LogP contribution in [0.5, 0.6) is 0 Å². The Morgan fingerprint density at radius 3 is 2.40 bits per heavy atom. The van der Waals surface area contributed by atoms with Crippen molar-refractivity contribution in [1.82, 2.24) is 5.32 Å². The van der Waals surface area contributed by atoms with Gasteiger partial charge in [-0.25, -0.2) is 4.39 Å². The molecule has 2 atom stereocenters. The van der Waals surface area contributed by atoms with Gasteiger partial charge in [-0.2, -0.15) is 0 Å². The number of anilines is 1. The van der Waals surface area contributed by atoms with Crippen molar-refractivity contribution in [1.29, 1.82) is 0 Å². The van der Waals surface area contributed by atoms with E-state index in [1.807, 2.05) is 12.1 Å². The van der Waals surface area contributed by atoms with Gasteiger partial charge in [0.25, 0.3) is 0 Å². The third-order valence-electron chi connectivity index (χ3n) is 4.78. The molecule has 1 N–H and O–H groups in total. The van der Waals surface area contributed by atoms with E-state index >= 15 is 0 Å². The zero-order valence-electron chi connectivity index (χ0n) is 12.3. The smallest absolute Gasteiger partial charge is 0.123 e. The molecule has 2 heterocycles. The van der Waals surface area contributed by atoms with Crippen molar-refractivity contribution in [3.63, 3.8) is 0 Å². The van der Waals surface area contributed by atoms with Gasteiger partial charge in [0, 0.05) is 23.8 Å². The van der Waals surface area contributed by atoms with Crippen LogP contribution < -0.4 is 10.2 Å². The summed E-state index contributed by atoms with van der Waals surface area (Å²) in [5.74, 6) is -0.140. The van der Waals surface area contributed by atoms with E-state index in [0.717, 1.165) is 6.54 Å². The number of nitrogens with one attached hydrogen (secondary N) is 1. The molecular formula is C17H25FN2. The summed E-state index contributed by atoms with van der Waals surface area (Å²) >= 11 is 0. The van der Waals surface area contributed by atoms with Crippen LogP contribution in [0.3, 0.4) is 0 Å². The van der Waals surface area contributed by atoms with Crippen molar-refractivity contribution in [3.05, 3.63) is 30.1 Å². The second-order valence-corrected chi connectivity index (χ2v) is 6.24. The van der Waals surface area contributed by atoms with Gasteiger partial charge < -0.3 is 10.2 Å². The normalized spacial score (nSPS) is 29.5. The third-order valence-corrected chi connectivity index (χ3v) is 4.78. The number of hydrogen-bond donors (Lipinski definition) is 1. The van der Waals surface area contributed by atoms with Crippen LogP contribution in [0.15, 0.2) is 24.3 Å². The Labute approximate surface area is 121 Å². The Hall–Kier alpha value is -1.09. The van der Waals surface area contributed by atoms with Gasteiger partial charge in [0.05, 0.1) is 0 Å². The number of rotatable bonds is 4. The van der Waals surface area contributed by atoms with E-state index < -0.39 is 0 Å². The minimum atomic E-state index is -0.140. The van der Waals surface area contributed by atoms with Crippen LogP contribution >= 0.6 is 0 Å². The minimum Gasteiger partial charge on any atom is -0.365 e. The van der Waals surface area contributed by atoms with E-state index in [4.69, 9.17) is 0 Å². The fraction of sp³-hybridized carbons (Fsp3) is 0.647. The highest BCUT2D eigenvalue weighted by molar-refractivity contribution is 5.49. The summed E-state index contributed by atoms with van der Waals surface area (Å²) in [6.45, 7) is 3.35. The maximum absolute atomic E-state index is 13.1. The molecule has 20 heavy (non-hydrogen) atoms. The maximum atomic E-state index is 13.1. The molecule has 0 radical (unpaired) electrons. The fourth-order valence-electron chi connectivity index (χ4n) is 3.93. The summed E-state index contributed by atoms with van der Waals surface area (Å²) in [4.78, 5) is 2.56. The first kappa shape index (κ1) is 13.9. The third kappa shape index (κ3) is 2.83. The van der Waals surface area contributed by atoms with Gasteiger partial charge in [0.2, 0.25) is 0 Å². The van der Waals surface area contributed by atoms with Crippen molar-refractivity contribution in [3.8, 4) is 0 Å². The Kier molecular flexibility index (Phi) is 4.25. The highest BCUT2D eigenvalue weighted by Crippen LogP contribution is 2.37. The second kappa shape index (κ2) is 6.13. The van der Waals surface area contributed by atoms with Crippen LogP contribution in [0.4, 0.5) is 10.1 Å². The molecule has 2 bridgehead atoms. The zero-order valence-corrected chi connectivity index (χ0v) is 12.3. The van der Waals surface area contributed by atoms with Crippen molar-refractivity contribution >= 4 is 5.69 Å². The first-order valence-corrected chi connectivity index (χ1v) is 8.05. The van der Waals surface area contributed by atoms with Crippen LogP contribution in [-0.2, 0) is 0 Å². The zero-order chi connectivity index (χ0) is 13.9. The highest BCUT2D eigenvalue weighted by Gasteiger charge is 2.37. The monoisotopic (exact) mass is 276 g/mol. The van der Waals surface area contributed by atoms with Crippen LogP contribution in [0, 0.1) is 5.82 Å². The summed E-state index contributed by atoms with van der Waals surface area (Å²) in [5.41, 5.74) is 1.20. The summed E-state index contributed by atoms with van der Waals surface area (Å²) in [5, 5.41) is 3.69. The van der Waals surface area contributed by atoms with Crippen LogP contribution in [0.25, 0.3) is 0 Å². The standard InChI is InChI=1S/C17H25FN2/c1-2-10-19-14-11-16-4-3-5-17(12-14)20(16)15-8-6-13(18)7-9-15/h6-9,14,16-17,19H,2-5,10-12H2,1H3. The SMILES string of the molecule is CCCNC1CC2CCCC(C1)N2c1ccc(F)cc1. The van der Waals surface area contributed by atoms with Crippen molar-refractivity contribution in [2.24, 2.45) is 0 Å². The molecule has 2 nitrogen and oxygen atoms in total. The molecule has 0 amide bonds. The number of fused-ring (bicyclic) bond motifs is 2. The molecule has 3 rings (SSSR count). The molecule has 2 aliphatic heterocycles.